The highest BCUT2D eigenvalue weighted by Crippen LogP contribution is 2.44. The van der Waals surface area contributed by atoms with Gasteiger partial charge in [-0.25, -0.2) is 0 Å². The van der Waals surface area contributed by atoms with E-state index in [0.29, 0.717) is 0 Å². The highest BCUT2D eigenvalue weighted by atomic mass is 15.1. The van der Waals surface area contributed by atoms with E-state index in [1.807, 2.05) is 0 Å². The molecule has 2 heteroatoms. The lowest BCUT2D eigenvalue weighted by Gasteiger charge is -2.29. The van der Waals surface area contributed by atoms with Gasteiger partial charge >= 0.3 is 0 Å². The van der Waals surface area contributed by atoms with Gasteiger partial charge in [0.25, 0.3) is 0 Å². The van der Waals surface area contributed by atoms with E-state index in [9.17, 15) is 0 Å². The van der Waals surface area contributed by atoms with Crippen molar-refractivity contribution < 1.29 is 0 Å². The van der Waals surface area contributed by atoms with Crippen molar-refractivity contribution in [2.75, 3.05) is 4.90 Å². The monoisotopic (exact) mass is 814 g/mol. The van der Waals surface area contributed by atoms with Crippen LogP contribution in [-0.2, 0) is 0 Å². The first kappa shape index (κ1) is 37.3. The summed E-state index contributed by atoms with van der Waals surface area (Å²) in [5, 5.41) is 7.50. The summed E-state index contributed by atoms with van der Waals surface area (Å²) >= 11 is 0. The minimum atomic E-state index is 1.08. The molecule has 12 rings (SSSR count). The van der Waals surface area contributed by atoms with Gasteiger partial charge in [0.1, 0.15) is 0 Å². The molecule has 0 saturated carbocycles. The molecular formula is C62H42N2. The Hall–Kier alpha value is -8.46. The average molecular weight is 815 g/mol. The van der Waals surface area contributed by atoms with Crippen LogP contribution in [0.2, 0.25) is 0 Å². The summed E-state index contributed by atoms with van der Waals surface area (Å²) in [4.78, 5) is 2.41. The van der Waals surface area contributed by atoms with Crippen molar-refractivity contribution in [1.29, 1.82) is 0 Å². The third-order valence-electron chi connectivity index (χ3n) is 12.8. The van der Waals surface area contributed by atoms with Gasteiger partial charge in [-0.15, -0.1) is 0 Å². The predicted molar refractivity (Wildman–Crippen MR) is 272 cm³/mol. The largest absolute Gasteiger partial charge is 0.310 e. The molecule has 0 saturated heterocycles. The molecule has 64 heavy (non-hydrogen) atoms. The molecule has 0 bridgehead atoms. The first-order valence-electron chi connectivity index (χ1n) is 22.0. The first-order chi connectivity index (χ1) is 31.7. The smallest absolute Gasteiger partial charge is 0.0541 e. The third-order valence-corrected chi connectivity index (χ3v) is 12.8. The Kier molecular flexibility index (Phi) is 9.20. The number of anilines is 3. The maximum atomic E-state index is 2.41. The zero-order valence-corrected chi connectivity index (χ0v) is 35.1. The highest BCUT2D eigenvalue weighted by Gasteiger charge is 2.20. The Balaban J connectivity index is 1.00. The lowest BCUT2D eigenvalue weighted by atomic mass is 9.95. The second-order valence-corrected chi connectivity index (χ2v) is 16.5. The van der Waals surface area contributed by atoms with Crippen molar-refractivity contribution in [3.8, 4) is 50.2 Å². The average Bonchev–Trinajstić information content (AvgIpc) is 3.71. The number of nitrogens with zero attached hydrogens (tertiary/aromatic N) is 2. The van der Waals surface area contributed by atoms with Crippen LogP contribution in [-0.4, -0.2) is 4.57 Å². The molecule has 12 aromatic rings. The first-order valence-corrected chi connectivity index (χ1v) is 22.0. The van der Waals surface area contributed by atoms with Crippen LogP contribution < -0.4 is 4.90 Å². The minimum Gasteiger partial charge on any atom is -0.310 e. The van der Waals surface area contributed by atoms with Gasteiger partial charge in [0, 0.05) is 33.4 Å². The Bertz CT molecular complexity index is 3600. The zero-order chi connectivity index (χ0) is 42.4. The van der Waals surface area contributed by atoms with E-state index in [1.165, 1.54) is 65.6 Å². The van der Waals surface area contributed by atoms with E-state index in [0.717, 1.165) is 45.0 Å². The second-order valence-electron chi connectivity index (χ2n) is 16.5. The maximum absolute atomic E-state index is 2.41. The minimum absolute atomic E-state index is 1.08. The molecular weight excluding hydrogens is 773 g/mol. The lowest BCUT2D eigenvalue weighted by Crippen LogP contribution is -2.11. The standard InChI is InChI=1S/C62H42N2/c1-2-15-46(16-3-1)59-42-51(49-20-12-21-54(41-49)64-60-26-10-8-23-57(60)58-24-9-11-27-61(58)64)34-39-62(59)63(52-35-30-44(31-36-52)50-29-28-43-14-4-5-18-48(43)40-50)53-37-32-47(33-38-53)56-25-13-19-45-17-6-7-22-55(45)56/h1-42H. The SMILES string of the molecule is c1ccc(-c2cc(-c3cccc(-n4c5ccccc5c5ccccc54)c3)ccc2N(c2ccc(-c3ccc4ccccc4c3)cc2)c2ccc(-c3cccc4ccccc34)cc2)cc1. The van der Waals surface area contributed by atoms with Gasteiger partial charge < -0.3 is 9.47 Å². The summed E-state index contributed by atoms with van der Waals surface area (Å²) in [5.41, 5.74) is 16.2. The molecule has 11 aromatic carbocycles. The van der Waals surface area contributed by atoms with Crippen LogP contribution in [0.4, 0.5) is 17.1 Å². The zero-order valence-electron chi connectivity index (χ0n) is 35.1. The van der Waals surface area contributed by atoms with E-state index < -0.39 is 0 Å². The summed E-state index contributed by atoms with van der Waals surface area (Å²) in [6.07, 6.45) is 0. The molecule has 0 aliphatic carbocycles. The third kappa shape index (κ3) is 6.61. The molecule has 0 aliphatic heterocycles. The van der Waals surface area contributed by atoms with Crippen molar-refractivity contribution in [3.63, 3.8) is 0 Å². The summed E-state index contributed by atoms with van der Waals surface area (Å²) < 4.78 is 2.39. The van der Waals surface area contributed by atoms with Gasteiger partial charge in [-0.3, -0.25) is 0 Å². The number of hydrogen-bond donors (Lipinski definition) is 0. The molecule has 0 fully saturated rings. The molecule has 300 valence electrons. The van der Waals surface area contributed by atoms with Crippen LogP contribution in [0.25, 0.3) is 93.5 Å². The maximum Gasteiger partial charge on any atom is 0.0541 e. The molecule has 1 aromatic heterocycles. The molecule has 0 unspecified atom stereocenters. The quantitative estimate of drug-likeness (QED) is 0.148. The van der Waals surface area contributed by atoms with Crippen LogP contribution >= 0.6 is 0 Å². The molecule has 0 amide bonds. The van der Waals surface area contributed by atoms with E-state index >= 15 is 0 Å². The number of para-hydroxylation sites is 2. The predicted octanol–water partition coefficient (Wildman–Crippen LogP) is 17.2. The van der Waals surface area contributed by atoms with Crippen molar-refractivity contribution >= 4 is 60.4 Å². The van der Waals surface area contributed by atoms with E-state index in [4.69, 9.17) is 0 Å². The van der Waals surface area contributed by atoms with Gasteiger partial charge in [0.2, 0.25) is 0 Å². The number of hydrogen-bond acceptors (Lipinski definition) is 1. The Morgan fingerprint density at radius 2 is 0.766 bits per heavy atom. The van der Waals surface area contributed by atoms with Crippen LogP contribution in [0, 0.1) is 0 Å². The van der Waals surface area contributed by atoms with E-state index in [-0.39, 0.29) is 0 Å². The number of benzene rings is 11. The topological polar surface area (TPSA) is 8.17 Å². The van der Waals surface area contributed by atoms with Crippen LogP contribution in [0.1, 0.15) is 0 Å². The fraction of sp³-hybridized carbons (Fsp3) is 0. The second kappa shape index (κ2) is 15.8. The molecule has 0 aliphatic rings. The molecule has 1 heterocycles. The van der Waals surface area contributed by atoms with Gasteiger partial charge in [-0.1, -0.05) is 188 Å². The van der Waals surface area contributed by atoms with Crippen molar-refractivity contribution in [2.24, 2.45) is 0 Å². The molecule has 2 nitrogen and oxygen atoms in total. The van der Waals surface area contributed by atoms with Gasteiger partial charge in [0.05, 0.1) is 16.7 Å². The molecule has 0 N–H and O–H groups in total. The van der Waals surface area contributed by atoms with Crippen LogP contribution in [0.5, 0.6) is 0 Å². The lowest BCUT2D eigenvalue weighted by molar-refractivity contribution is 1.18. The molecule has 0 atom stereocenters. The highest BCUT2D eigenvalue weighted by molar-refractivity contribution is 6.09. The van der Waals surface area contributed by atoms with Gasteiger partial charge in [0.15, 0.2) is 0 Å². The summed E-state index contributed by atoms with van der Waals surface area (Å²) in [6, 6.07) is 92.8. The van der Waals surface area contributed by atoms with Gasteiger partial charge in [-0.05, 0) is 127 Å². The summed E-state index contributed by atoms with van der Waals surface area (Å²) in [5.74, 6) is 0. The fourth-order valence-corrected chi connectivity index (χ4v) is 9.65. The van der Waals surface area contributed by atoms with Crippen molar-refractivity contribution in [3.05, 3.63) is 255 Å². The van der Waals surface area contributed by atoms with E-state index in [2.05, 4.69) is 264 Å². The summed E-state index contributed by atoms with van der Waals surface area (Å²) in [7, 11) is 0. The van der Waals surface area contributed by atoms with Gasteiger partial charge in [-0.2, -0.15) is 0 Å². The van der Waals surface area contributed by atoms with E-state index in [1.54, 1.807) is 0 Å². The normalized spacial score (nSPS) is 11.4. The van der Waals surface area contributed by atoms with Crippen molar-refractivity contribution in [1.82, 2.24) is 4.57 Å². The number of fused-ring (bicyclic) bond motifs is 5. The molecule has 0 spiro atoms. The number of aromatic nitrogens is 1. The molecule has 0 radical (unpaired) electrons. The summed E-state index contributed by atoms with van der Waals surface area (Å²) in [6.45, 7) is 0. The Morgan fingerprint density at radius 1 is 0.266 bits per heavy atom. The van der Waals surface area contributed by atoms with Crippen molar-refractivity contribution in [2.45, 2.75) is 0 Å². The Labute approximate surface area is 373 Å². The number of rotatable bonds is 8. The van der Waals surface area contributed by atoms with Crippen LogP contribution in [0.15, 0.2) is 255 Å². The Morgan fingerprint density at radius 3 is 1.50 bits per heavy atom. The van der Waals surface area contributed by atoms with Crippen LogP contribution in [0.3, 0.4) is 0 Å². The fourth-order valence-electron chi connectivity index (χ4n) is 9.65.